The van der Waals surface area contributed by atoms with Crippen molar-refractivity contribution in [3.63, 3.8) is 0 Å². The van der Waals surface area contributed by atoms with Crippen molar-refractivity contribution >= 4 is 35.4 Å². The molecule has 0 aliphatic rings. The maximum Gasteiger partial charge on any atom is 0.322 e. The molecule has 26 heavy (non-hydrogen) atoms. The van der Waals surface area contributed by atoms with Gasteiger partial charge in [-0.15, -0.1) is 28.6 Å². The SMILES string of the molecule is CCSc1ccc(Cc2nnc(NC(=O)c3ccccc3SC)o2)cc1. The van der Waals surface area contributed by atoms with Gasteiger partial charge in [-0.1, -0.05) is 36.3 Å². The fraction of sp³-hybridized carbons (Fsp3) is 0.211. The normalized spacial score (nSPS) is 10.7. The van der Waals surface area contributed by atoms with Crippen LogP contribution in [0.25, 0.3) is 0 Å². The van der Waals surface area contributed by atoms with Crippen molar-refractivity contribution in [2.45, 2.75) is 23.1 Å². The number of anilines is 1. The van der Waals surface area contributed by atoms with Crippen molar-refractivity contribution in [2.75, 3.05) is 17.3 Å². The molecule has 0 unspecified atom stereocenters. The zero-order valence-electron chi connectivity index (χ0n) is 14.6. The van der Waals surface area contributed by atoms with E-state index in [-0.39, 0.29) is 11.9 Å². The van der Waals surface area contributed by atoms with Gasteiger partial charge in [-0.2, -0.15) is 0 Å². The largest absolute Gasteiger partial charge is 0.407 e. The molecular weight excluding hydrogens is 366 g/mol. The van der Waals surface area contributed by atoms with E-state index in [1.165, 1.54) is 16.7 Å². The fourth-order valence-electron chi connectivity index (χ4n) is 2.42. The zero-order chi connectivity index (χ0) is 18.4. The lowest BCUT2D eigenvalue weighted by Crippen LogP contribution is -2.13. The van der Waals surface area contributed by atoms with Crippen LogP contribution in [0, 0.1) is 0 Å². The van der Waals surface area contributed by atoms with Gasteiger partial charge in [0.2, 0.25) is 5.89 Å². The summed E-state index contributed by atoms with van der Waals surface area (Å²) in [7, 11) is 0. The van der Waals surface area contributed by atoms with Gasteiger partial charge < -0.3 is 4.42 Å². The van der Waals surface area contributed by atoms with Gasteiger partial charge in [0.25, 0.3) is 5.91 Å². The van der Waals surface area contributed by atoms with Gasteiger partial charge in [0.1, 0.15) is 0 Å². The van der Waals surface area contributed by atoms with Crippen LogP contribution in [0.1, 0.15) is 28.7 Å². The van der Waals surface area contributed by atoms with E-state index in [1.54, 1.807) is 17.8 Å². The highest BCUT2D eigenvalue weighted by Crippen LogP contribution is 2.22. The zero-order valence-corrected chi connectivity index (χ0v) is 16.2. The maximum atomic E-state index is 12.4. The molecule has 7 heteroatoms. The average Bonchev–Trinajstić information content (AvgIpc) is 3.10. The van der Waals surface area contributed by atoms with Crippen LogP contribution in [0.5, 0.6) is 0 Å². The number of hydrogen-bond acceptors (Lipinski definition) is 6. The first-order valence-electron chi connectivity index (χ1n) is 8.18. The van der Waals surface area contributed by atoms with Gasteiger partial charge in [-0.25, -0.2) is 0 Å². The molecule has 0 aliphatic carbocycles. The Kier molecular flexibility index (Phi) is 6.35. The first-order chi connectivity index (χ1) is 12.7. The average molecular weight is 386 g/mol. The van der Waals surface area contributed by atoms with E-state index in [0.29, 0.717) is 17.9 Å². The van der Waals surface area contributed by atoms with Crippen molar-refractivity contribution in [1.29, 1.82) is 0 Å². The van der Waals surface area contributed by atoms with E-state index in [0.717, 1.165) is 16.2 Å². The fourth-order valence-corrected chi connectivity index (χ4v) is 3.67. The predicted octanol–water partition coefficient (Wildman–Crippen LogP) is 4.75. The summed E-state index contributed by atoms with van der Waals surface area (Å²) in [6.45, 7) is 2.13. The molecule has 0 aliphatic heterocycles. The number of carbonyl (C=O) groups is 1. The smallest absolute Gasteiger partial charge is 0.322 e. The van der Waals surface area contributed by atoms with Gasteiger partial charge >= 0.3 is 6.01 Å². The highest BCUT2D eigenvalue weighted by molar-refractivity contribution is 7.99. The van der Waals surface area contributed by atoms with Gasteiger partial charge in [-0.3, -0.25) is 10.1 Å². The molecule has 1 N–H and O–H groups in total. The second-order valence-electron chi connectivity index (χ2n) is 5.41. The third-order valence-electron chi connectivity index (χ3n) is 3.63. The lowest BCUT2D eigenvalue weighted by atomic mass is 10.1. The Morgan fingerprint density at radius 1 is 1.12 bits per heavy atom. The number of hydrogen-bond donors (Lipinski definition) is 1. The van der Waals surface area contributed by atoms with Gasteiger partial charge in [0.05, 0.1) is 12.0 Å². The Hall–Kier alpha value is -2.25. The molecule has 1 aromatic heterocycles. The Morgan fingerprint density at radius 3 is 2.62 bits per heavy atom. The number of benzene rings is 2. The van der Waals surface area contributed by atoms with Crippen LogP contribution in [-0.2, 0) is 6.42 Å². The molecule has 0 radical (unpaired) electrons. The highest BCUT2D eigenvalue weighted by Gasteiger charge is 2.14. The summed E-state index contributed by atoms with van der Waals surface area (Å²) in [5.74, 6) is 1.26. The van der Waals surface area contributed by atoms with Crippen LogP contribution in [0.3, 0.4) is 0 Å². The second kappa shape index (κ2) is 8.91. The standard InChI is InChI=1S/C19H19N3O2S2/c1-3-26-14-10-8-13(9-11-14)12-17-21-22-19(24-17)20-18(23)15-6-4-5-7-16(15)25-2/h4-11H,3,12H2,1-2H3,(H,20,22,23). The summed E-state index contributed by atoms with van der Waals surface area (Å²) in [6.07, 6.45) is 2.46. The number of nitrogens with zero attached hydrogens (tertiary/aromatic N) is 2. The highest BCUT2D eigenvalue weighted by atomic mass is 32.2. The van der Waals surface area contributed by atoms with Crippen LogP contribution < -0.4 is 5.32 Å². The van der Waals surface area contributed by atoms with E-state index in [9.17, 15) is 4.79 Å². The molecule has 0 atom stereocenters. The van der Waals surface area contributed by atoms with Crippen LogP contribution in [-0.4, -0.2) is 28.1 Å². The lowest BCUT2D eigenvalue weighted by molar-refractivity contribution is 0.102. The van der Waals surface area contributed by atoms with Crippen LogP contribution in [0.2, 0.25) is 0 Å². The number of thioether (sulfide) groups is 2. The minimum Gasteiger partial charge on any atom is -0.407 e. The van der Waals surface area contributed by atoms with Crippen molar-refractivity contribution in [1.82, 2.24) is 10.2 Å². The summed E-state index contributed by atoms with van der Waals surface area (Å²) in [5.41, 5.74) is 1.67. The molecular formula is C19H19N3O2S2. The monoisotopic (exact) mass is 385 g/mol. The summed E-state index contributed by atoms with van der Waals surface area (Å²) in [6, 6.07) is 15.8. The molecule has 1 amide bonds. The van der Waals surface area contributed by atoms with E-state index >= 15 is 0 Å². The topological polar surface area (TPSA) is 68.0 Å². The second-order valence-corrected chi connectivity index (χ2v) is 7.59. The van der Waals surface area contributed by atoms with E-state index in [2.05, 4.69) is 46.7 Å². The molecule has 0 fully saturated rings. The predicted molar refractivity (Wildman–Crippen MR) is 106 cm³/mol. The quantitative estimate of drug-likeness (QED) is 0.592. The maximum absolute atomic E-state index is 12.4. The molecule has 2 aromatic carbocycles. The first-order valence-corrected chi connectivity index (χ1v) is 10.4. The Morgan fingerprint density at radius 2 is 1.88 bits per heavy atom. The molecule has 0 saturated heterocycles. The molecule has 1 heterocycles. The Labute approximate surface area is 161 Å². The first kappa shape index (κ1) is 18.5. The van der Waals surface area contributed by atoms with Gasteiger partial charge in [0.15, 0.2) is 0 Å². The van der Waals surface area contributed by atoms with Crippen molar-refractivity contribution in [3.8, 4) is 0 Å². The minimum atomic E-state index is -0.258. The van der Waals surface area contributed by atoms with Gasteiger partial charge in [-0.05, 0) is 41.8 Å². The molecule has 3 rings (SSSR count). The van der Waals surface area contributed by atoms with Crippen LogP contribution in [0.4, 0.5) is 6.01 Å². The number of aromatic nitrogens is 2. The van der Waals surface area contributed by atoms with E-state index < -0.39 is 0 Å². The van der Waals surface area contributed by atoms with Gasteiger partial charge in [0, 0.05) is 9.79 Å². The lowest BCUT2D eigenvalue weighted by Gasteiger charge is -2.05. The minimum absolute atomic E-state index is 0.110. The molecule has 134 valence electrons. The summed E-state index contributed by atoms with van der Waals surface area (Å²) < 4.78 is 5.56. The molecule has 3 aromatic rings. The van der Waals surface area contributed by atoms with Crippen LogP contribution in [0.15, 0.2) is 62.7 Å². The van der Waals surface area contributed by atoms with Crippen LogP contribution >= 0.6 is 23.5 Å². The van der Waals surface area contributed by atoms with Crippen molar-refractivity contribution < 1.29 is 9.21 Å². The molecule has 0 bridgehead atoms. The summed E-state index contributed by atoms with van der Waals surface area (Å²) in [4.78, 5) is 14.5. The third kappa shape index (κ3) is 4.68. The summed E-state index contributed by atoms with van der Waals surface area (Å²) in [5, 5.41) is 10.6. The Balaban J connectivity index is 1.65. The number of rotatable bonds is 7. The third-order valence-corrected chi connectivity index (χ3v) is 5.32. The number of amides is 1. The number of nitrogens with one attached hydrogen (secondary N) is 1. The summed E-state index contributed by atoms with van der Waals surface area (Å²) >= 11 is 3.32. The molecule has 0 spiro atoms. The van der Waals surface area contributed by atoms with E-state index in [4.69, 9.17) is 4.42 Å². The molecule has 0 saturated carbocycles. The Bertz CT molecular complexity index is 879. The molecule has 5 nitrogen and oxygen atoms in total. The van der Waals surface area contributed by atoms with Crippen molar-refractivity contribution in [3.05, 3.63) is 65.5 Å². The van der Waals surface area contributed by atoms with Crippen molar-refractivity contribution in [2.24, 2.45) is 0 Å². The number of carbonyl (C=O) groups excluding carboxylic acids is 1. The van der Waals surface area contributed by atoms with E-state index in [1.807, 2.05) is 24.5 Å².